The van der Waals surface area contributed by atoms with E-state index < -0.39 is 0 Å². The zero-order valence-electron chi connectivity index (χ0n) is 17.9. The maximum Gasteiger partial charge on any atom is 0.227 e. The van der Waals surface area contributed by atoms with E-state index in [4.69, 9.17) is 19.4 Å². The Hall–Kier alpha value is -3.06. The van der Waals surface area contributed by atoms with Gasteiger partial charge in [-0.05, 0) is 37.4 Å². The highest BCUT2D eigenvalue weighted by Gasteiger charge is 2.22. The number of ether oxygens (including phenoxy) is 2. The van der Waals surface area contributed by atoms with E-state index in [9.17, 15) is 0 Å². The molecule has 0 aliphatic carbocycles. The molecule has 0 amide bonds. The summed E-state index contributed by atoms with van der Waals surface area (Å²) in [6.45, 7) is 4.46. The maximum absolute atomic E-state index is 6.13. The first kappa shape index (κ1) is 19.9. The Morgan fingerprint density at radius 3 is 2.68 bits per heavy atom. The molecule has 7 heteroatoms. The van der Waals surface area contributed by atoms with Crippen molar-refractivity contribution >= 4 is 22.7 Å². The zero-order chi connectivity index (χ0) is 21.0. The van der Waals surface area contributed by atoms with E-state index >= 15 is 0 Å². The molecule has 5 rings (SSSR count). The third-order valence-electron chi connectivity index (χ3n) is 6.00. The standard InChI is InChI=1S/C24H29N5O2/c1-30-21-13-19-20(14-22(21)31-16-17-7-3-2-4-8-17)27-24(29-11-5-6-12-29)28-23(19)26-18-9-10-25-15-18/h2-4,7-8,13-14,18,25H,5-6,9-12,15-16H2,1H3,(H,26,27,28)/t18-/m1/s1. The van der Waals surface area contributed by atoms with E-state index in [-0.39, 0.29) is 0 Å². The normalized spacial score (nSPS) is 18.5. The van der Waals surface area contributed by atoms with Gasteiger partial charge in [0.05, 0.1) is 12.6 Å². The van der Waals surface area contributed by atoms with Crippen molar-refractivity contribution < 1.29 is 9.47 Å². The summed E-state index contributed by atoms with van der Waals surface area (Å²) >= 11 is 0. The summed E-state index contributed by atoms with van der Waals surface area (Å²) in [7, 11) is 1.67. The lowest BCUT2D eigenvalue weighted by Crippen LogP contribution is -2.25. The van der Waals surface area contributed by atoms with E-state index in [1.54, 1.807) is 7.11 Å². The first-order valence-electron chi connectivity index (χ1n) is 11.1. The molecule has 3 heterocycles. The summed E-state index contributed by atoms with van der Waals surface area (Å²) in [5.41, 5.74) is 1.98. The fourth-order valence-electron chi connectivity index (χ4n) is 4.27. The van der Waals surface area contributed by atoms with Crippen molar-refractivity contribution in [3.63, 3.8) is 0 Å². The third kappa shape index (κ3) is 4.37. The monoisotopic (exact) mass is 419 g/mol. The van der Waals surface area contributed by atoms with E-state index in [2.05, 4.69) is 27.7 Å². The van der Waals surface area contributed by atoms with E-state index in [0.29, 0.717) is 24.1 Å². The predicted octanol–water partition coefficient (Wildman–Crippen LogP) is 3.59. The van der Waals surface area contributed by atoms with Gasteiger partial charge in [0.25, 0.3) is 0 Å². The van der Waals surface area contributed by atoms with Crippen LogP contribution in [0.5, 0.6) is 11.5 Å². The van der Waals surface area contributed by atoms with Crippen LogP contribution in [-0.4, -0.2) is 49.3 Å². The van der Waals surface area contributed by atoms with Gasteiger partial charge >= 0.3 is 0 Å². The van der Waals surface area contributed by atoms with Gasteiger partial charge < -0.3 is 25.0 Å². The summed E-state index contributed by atoms with van der Waals surface area (Å²) in [4.78, 5) is 12.1. The largest absolute Gasteiger partial charge is 0.493 e. The Bertz CT molecular complexity index is 1030. The van der Waals surface area contributed by atoms with Crippen molar-refractivity contribution in [1.29, 1.82) is 0 Å². The predicted molar refractivity (Wildman–Crippen MR) is 123 cm³/mol. The first-order valence-corrected chi connectivity index (χ1v) is 11.1. The second-order valence-corrected chi connectivity index (χ2v) is 8.19. The lowest BCUT2D eigenvalue weighted by molar-refractivity contribution is 0.285. The molecule has 7 nitrogen and oxygen atoms in total. The van der Waals surface area contributed by atoms with Gasteiger partial charge in [0, 0.05) is 37.1 Å². The SMILES string of the molecule is COc1cc2c(N[C@@H]3CCNC3)nc(N3CCCC3)nc2cc1OCc1ccccc1. The summed E-state index contributed by atoms with van der Waals surface area (Å²) in [6, 6.07) is 14.5. The molecule has 0 radical (unpaired) electrons. The fourth-order valence-corrected chi connectivity index (χ4v) is 4.27. The van der Waals surface area contributed by atoms with Crippen LogP contribution in [0.15, 0.2) is 42.5 Å². The summed E-state index contributed by atoms with van der Waals surface area (Å²) in [6.07, 6.45) is 3.45. The molecule has 2 aromatic carbocycles. The number of methoxy groups -OCH3 is 1. The van der Waals surface area contributed by atoms with Crippen LogP contribution in [0.3, 0.4) is 0 Å². The number of fused-ring (bicyclic) bond motifs is 1. The molecule has 0 saturated carbocycles. The molecule has 3 aromatic rings. The number of rotatable bonds is 7. The van der Waals surface area contributed by atoms with Crippen LogP contribution in [0.1, 0.15) is 24.8 Å². The van der Waals surface area contributed by atoms with Crippen LogP contribution in [0.2, 0.25) is 0 Å². The highest BCUT2D eigenvalue weighted by Crippen LogP contribution is 2.36. The molecule has 162 valence electrons. The van der Waals surface area contributed by atoms with Crippen LogP contribution >= 0.6 is 0 Å². The van der Waals surface area contributed by atoms with Gasteiger partial charge in [0.2, 0.25) is 5.95 Å². The average molecular weight is 420 g/mol. The minimum Gasteiger partial charge on any atom is -0.493 e. The van der Waals surface area contributed by atoms with Gasteiger partial charge in [-0.3, -0.25) is 0 Å². The molecule has 1 aromatic heterocycles. The molecular formula is C24H29N5O2. The van der Waals surface area contributed by atoms with Crippen LogP contribution in [0.4, 0.5) is 11.8 Å². The Kier molecular flexibility index (Phi) is 5.76. The third-order valence-corrected chi connectivity index (χ3v) is 6.00. The van der Waals surface area contributed by atoms with E-state index in [1.165, 1.54) is 12.8 Å². The molecule has 0 spiro atoms. The van der Waals surface area contributed by atoms with Gasteiger partial charge in [-0.15, -0.1) is 0 Å². The lowest BCUT2D eigenvalue weighted by atomic mass is 10.2. The molecule has 2 aliphatic heterocycles. The fraction of sp³-hybridized carbons (Fsp3) is 0.417. The highest BCUT2D eigenvalue weighted by atomic mass is 16.5. The van der Waals surface area contributed by atoms with Gasteiger partial charge in [0.15, 0.2) is 11.5 Å². The van der Waals surface area contributed by atoms with Gasteiger partial charge in [-0.2, -0.15) is 4.98 Å². The number of anilines is 2. The molecular weight excluding hydrogens is 390 g/mol. The summed E-state index contributed by atoms with van der Waals surface area (Å²) < 4.78 is 11.8. The number of nitrogens with one attached hydrogen (secondary N) is 2. The Balaban J connectivity index is 1.52. The number of aromatic nitrogens is 2. The average Bonchev–Trinajstić information content (AvgIpc) is 3.52. The van der Waals surface area contributed by atoms with Crippen molar-refractivity contribution in [3.05, 3.63) is 48.0 Å². The van der Waals surface area contributed by atoms with Crippen molar-refractivity contribution in [1.82, 2.24) is 15.3 Å². The number of hydrogen-bond acceptors (Lipinski definition) is 7. The van der Waals surface area contributed by atoms with E-state index in [0.717, 1.165) is 60.8 Å². The highest BCUT2D eigenvalue weighted by molar-refractivity contribution is 5.93. The molecule has 0 unspecified atom stereocenters. The quantitative estimate of drug-likeness (QED) is 0.606. The summed E-state index contributed by atoms with van der Waals surface area (Å²) in [5.74, 6) is 3.04. The van der Waals surface area contributed by atoms with Gasteiger partial charge in [0.1, 0.15) is 12.4 Å². The van der Waals surface area contributed by atoms with Crippen molar-refractivity contribution in [3.8, 4) is 11.5 Å². The Labute approximate surface area is 182 Å². The van der Waals surface area contributed by atoms with E-state index in [1.807, 2.05) is 30.3 Å². The molecule has 31 heavy (non-hydrogen) atoms. The molecule has 2 aliphatic rings. The Morgan fingerprint density at radius 1 is 1.10 bits per heavy atom. The zero-order valence-corrected chi connectivity index (χ0v) is 17.9. The van der Waals surface area contributed by atoms with Crippen LogP contribution in [0.25, 0.3) is 10.9 Å². The minimum atomic E-state index is 0.365. The number of hydrogen-bond donors (Lipinski definition) is 2. The van der Waals surface area contributed by atoms with Crippen molar-refractivity contribution in [2.24, 2.45) is 0 Å². The molecule has 1 atom stereocenters. The molecule has 2 fully saturated rings. The van der Waals surface area contributed by atoms with Crippen molar-refractivity contribution in [2.75, 3.05) is 43.5 Å². The lowest BCUT2D eigenvalue weighted by Gasteiger charge is -2.20. The molecule has 2 N–H and O–H groups in total. The maximum atomic E-state index is 6.13. The second-order valence-electron chi connectivity index (χ2n) is 8.19. The number of benzene rings is 2. The van der Waals surface area contributed by atoms with Crippen LogP contribution in [-0.2, 0) is 6.61 Å². The van der Waals surface area contributed by atoms with Gasteiger partial charge in [-0.1, -0.05) is 30.3 Å². The summed E-state index contributed by atoms with van der Waals surface area (Å²) in [5, 5.41) is 8.01. The Morgan fingerprint density at radius 2 is 1.94 bits per heavy atom. The minimum absolute atomic E-state index is 0.365. The molecule has 0 bridgehead atoms. The smallest absolute Gasteiger partial charge is 0.227 e. The van der Waals surface area contributed by atoms with Crippen molar-refractivity contribution in [2.45, 2.75) is 31.9 Å². The topological polar surface area (TPSA) is 71.5 Å². The second kappa shape index (κ2) is 8.98. The van der Waals surface area contributed by atoms with Gasteiger partial charge in [-0.25, -0.2) is 4.98 Å². The first-order chi connectivity index (χ1) is 15.3. The van der Waals surface area contributed by atoms with Crippen LogP contribution < -0.4 is 25.0 Å². The van der Waals surface area contributed by atoms with Crippen LogP contribution in [0, 0.1) is 0 Å². The number of nitrogens with zero attached hydrogens (tertiary/aromatic N) is 3. The molecule has 2 saturated heterocycles.